The molecule has 0 amide bonds. The molecule has 126 valence electrons. The number of fused-ring (bicyclic) bond motifs is 1. The topological polar surface area (TPSA) is 52.6 Å². The van der Waals surface area contributed by atoms with E-state index in [9.17, 15) is 9.59 Å². The summed E-state index contributed by atoms with van der Waals surface area (Å²) < 4.78 is 10.1. The number of benzene rings is 2. The van der Waals surface area contributed by atoms with Crippen LogP contribution in [-0.2, 0) is 14.3 Å². The Kier molecular flexibility index (Phi) is 5.39. The molecule has 2 aromatic carbocycles. The van der Waals surface area contributed by atoms with E-state index in [1.165, 1.54) is 13.2 Å². The van der Waals surface area contributed by atoms with Crippen molar-refractivity contribution in [3.63, 3.8) is 0 Å². The summed E-state index contributed by atoms with van der Waals surface area (Å²) >= 11 is 0. The minimum atomic E-state index is -0.502. The fourth-order valence-electron chi connectivity index (χ4n) is 2.03. The fourth-order valence-corrected chi connectivity index (χ4v) is 2.03. The van der Waals surface area contributed by atoms with Crippen LogP contribution in [0.3, 0.4) is 0 Å². The summed E-state index contributed by atoms with van der Waals surface area (Å²) in [7, 11) is 1.34. The van der Waals surface area contributed by atoms with Crippen LogP contribution < -0.4 is 4.74 Å². The molecule has 2 rings (SSSR count). The number of methoxy groups -OCH3 is 1. The van der Waals surface area contributed by atoms with E-state index in [1.54, 1.807) is 12.1 Å². The molecule has 0 saturated carbocycles. The molecule has 0 aliphatic heterocycles. The van der Waals surface area contributed by atoms with Crippen molar-refractivity contribution < 1.29 is 19.1 Å². The largest absolute Gasteiger partial charge is 0.466 e. The predicted octanol–water partition coefficient (Wildman–Crippen LogP) is 4.37. The molecular weight excluding hydrogens is 304 g/mol. The van der Waals surface area contributed by atoms with Crippen LogP contribution in [0, 0.1) is 5.41 Å². The molecule has 0 saturated heterocycles. The molecule has 4 nitrogen and oxygen atoms in total. The minimum absolute atomic E-state index is 0.234. The second-order valence-electron chi connectivity index (χ2n) is 6.25. The third kappa shape index (κ3) is 4.22. The molecule has 0 unspecified atom stereocenters. The Labute approximate surface area is 142 Å². The van der Waals surface area contributed by atoms with Gasteiger partial charge in [0.2, 0.25) is 0 Å². The van der Waals surface area contributed by atoms with Gasteiger partial charge in [-0.15, -0.1) is 0 Å². The highest BCUT2D eigenvalue weighted by Crippen LogP contribution is 2.26. The maximum Gasteiger partial charge on any atom is 0.330 e. The average Bonchev–Trinajstić information content (AvgIpc) is 2.59. The van der Waals surface area contributed by atoms with Gasteiger partial charge in [-0.2, -0.15) is 0 Å². The smallest absolute Gasteiger partial charge is 0.330 e. The Morgan fingerprint density at radius 2 is 1.75 bits per heavy atom. The predicted molar refractivity (Wildman–Crippen MR) is 94.7 cm³/mol. The average molecular weight is 326 g/mol. The second kappa shape index (κ2) is 7.30. The number of hydrogen-bond donors (Lipinski definition) is 0. The highest BCUT2D eigenvalue weighted by atomic mass is 16.5. The van der Waals surface area contributed by atoms with Gasteiger partial charge in [0.15, 0.2) is 0 Å². The number of esters is 2. The summed E-state index contributed by atoms with van der Waals surface area (Å²) in [5, 5.41) is 1.96. The highest BCUT2D eigenvalue weighted by molar-refractivity contribution is 5.90. The Balaban J connectivity index is 2.22. The first-order valence-electron chi connectivity index (χ1n) is 7.88. The summed E-state index contributed by atoms with van der Waals surface area (Å²) in [5.41, 5.74) is 0.391. The van der Waals surface area contributed by atoms with Gasteiger partial charge in [0.05, 0.1) is 12.5 Å². The molecular formula is C20H22O4. The van der Waals surface area contributed by atoms with Gasteiger partial charge in [-0.05, 0) is 60.9 Å². The molecule has 24 heavy (non-hydrogen) atoms. The van der Waals surface area contributed by atoms with E-state index in [2.05, 4.69) is 4.74 Å². The van der Waals surface area contributed by atoms with Crippen LogP contribution in [0.5, 0.6) is 5.75 Å². The van der Waals surface area contributed by atoms with Gasteiger partial charge >= 0.3 is 11.9 Å². The lowest BCUT2D eigenvalue weighted by molar-refractivity contribution is -0.144. The van der Waals surface area contributed by atoms with Crippen LogP contribution in [0.2, 0.25) is 0 Å². The Morgan fingerprint density at radius 1 is 1.08 bits per heavy atom. The molecule has 4 heteroatoms. The fraction of sp³-hybridized carbons (Fsp3) is 0.300. The molecule has 0 aliphatic rings. The van der Waals surface area contributed by atoms with Crippen molar-refractivity contribution in [2.24, 2.45) is 5.41 Å². The Bertz CT molecular complexity index is 787. The summed E-state index contributed by atoms with van der Waals surface area (Å²) in [6.45, 7) is 5.71. The van der Waals surface area contributed by atoms with E-state index in [4.69, 9.17) is 4.74 Å². The highest BCUT2D eigenvalue weighted by Gasteiger charge is 2.27. The van der Waals surface area contributed by atoms with Crippen LogP contribution in [0.1, 0.15) is 32.8 Å². The lowest BCUT2D eigenvalue weighted by Crippen LogP contribution is -2.28. The molecule has 0 bridgehead atoms. The summed E-state index contributed by atoms with van der Waals surface area (Å²) in [4.78, 5) is 23.3. The summed E-state index contributed by atoms with van der Waals surface area (Å²) in [6, 6.07) is 11.3. The third-order valence-electron chi connectivity index (χ3n) is 4.10. The molecule has 0 atom stereocenters. The quantitative estimate of drug-likeness (QED) is 0.465. The van der Waals surface area contributed by atoms with E-state index in [-0.39, 0.29) is 5.97 Å². The van der Waals surface area contributed by atoms with Gasteiger partial charge in [0.25, 0.3) is 0 Å². The molecule has 0 radical (unpaired) electrons. The number of rotatable bonds is 5. The number of ether oxygens (including phenoxy) is 2. The lowest BCUT2D eigenvalue weighted by atomic mass is 9.91. The minimum Gasteiger partial charge on any atom is -0.466 e. The van der Waals surface area contributed by atoms with E-state index in [1.807, 2.05) is 51.1 Å². The van der Waals surface area contributed by atoms with Crippen molar-refractivity contribution >= 4 is 28.8 Å². The van der Waals surface area contributed by atoms with Crippen molar-refractivity contribution in [1.82, 2.24) is 0 Å². The Hall–Kier alpha value is -2.62. The maximum atomic E-state index is 12.2. The lowest BCUT2D eigenvalue weighted by Gasteiger charge is -2.20. The molecule has 0 heterocycles. The SMILES string of the molecule is CCC(C)(C)C(=O)Oc1ccc2cc(/C=C/C(=O)OC)ccc2c1. The van der Waals surface area contributed by atoms with Crippen LogP contribution in [0.25, 0.3) is 16.8 Å². The monoisotopic (exact) mass is 326 g/mol. The van der Waals surface area contributed by atoms with Gasteiger partial charge < -0.3 is 9.47 Å². The number of carbonyl (C=O) groups is 2. The zero-order valence-electron chi connectivity index (χ0n) is 14.5. The zero-order chi connectivity index (χ0) is 17.7. The van der Waals surface area contributed by atoms with Crippen molar-refractivity contribution in [2.45, 2.75) is 27.2 Å². The van der Waals surface area contributed by atoms with E-state index in [0.717, 1.165) is 22.8 Å². The van der Waals surface area contributed by atoms with Gasteiger partial charge in [-0.3, -0.25) is 4.79 Å². The molecule has 0 aromatic heterocycles. The van der Waals surface area contributed by atoms with Gasteiger partial charge in [0.1, 0.15) is 5.75 Å². The standard InChI is InChI=1S/C20H22O4/c1-5-20(2,3)19(22)24-17-10-9-15-12-14(6-8-16(15)13-17)7-11-18(21)23-4/h6-13H,5H2,1-4H3/b11-7+. The second-order valence-corrected chi connectivity index (χ2v) is 6.25. The molecule has 2 aromatic rings. The van der Waals surface area contributed by atoms with E-state index in [0.29, 0.717) is 5.75 Å². The normalized spacial score (nSPS) is 11.7. The molecule has 0 N–H and O–H groups in total. The van der Waals surface area contributed by atoms with Crippen LogP contribution in [0.4, 0.5) is 0 Å². The molecule has 0 spiro atoms. The molecule has 0 fully saturated rings. The number of carbonyl (C=O) groups excluding carboxylic acids is 2. The first-order chi connectivity index (χ1) is 11.4. The van der Waals surface area contributed by atoms with Crippen LogP contribution >= 0.6 is 0 Å². The summed E-state index contributed by atoms with van der Waals surface area (Å²) in [5.74, 6) is -0.0928. The van der Waals surface area contributed by atoms with Gasteiger partial charge in [-0.1, -0.05) is 25.1 Å². The van der Waals surface area contributed by atoms with Gasteiger partial charge in [-0.25, -0.2) is 4.79 Å². The third-order valence-corrected chi connectivity index (χ3v) is 4.10. The number of hydrogen-bond acceptors (Lipinski definition) is 4. The maximum absolute atomic E-state index is 12.2. The zero-order valence-corrected chi connectivity index (χ0v) is 14.5. The van der Waals surface area contributed by atoms with Crippen LogP contribution in [0.15, 0.2) is 42.5 Å². The van der Waals surface area contributed by atoms with Crippen molar-refractivity contribution in [1.29, 1.82) is 0 Å². The molecule has 0 aliphatic carbocycles. The van der Waals surface area contributed by atoms with E-state index >= 15 is 0 Å². The van der Waals surface area contributed by atoms with Crippen molar-refractivity contribution in [2.75, 3.05) is 7.11 Å². The van der Waals surface area contributed by atoms with Crippen LogP contribution in [-0.4, -0.2) is 19.0 Å². The van der Waals surface area contributed by atoms with E-state index < -0.39 is 11.4 Å². The summed E-state index contributed by atoms with van der Waals surface area (Å²) in [6.07, 6.45) is 3.79. The first-order valence-corrected chi connectivity index (χ1v) is 7.88. The van der Waals surface area contributed by atoms with Gasteiger partial charge in [0, 0.05) is 6.08 Å². The van der Waals surface area contributed by atoms with Crippen molar-refractivity contribution in [3.05, 3.63) is 48.0 Å². The first kappa shape index (κ1) is 17.7. The Morgan fingerprint density at radius 3 is 2.42 bits per heavy atom. The van der Waals surface area contributed by atoms with Crippen molar-refractivity contribution in [3.8, 4) is 5.75 Å².